The van der Waals surface area contributed by atoms with Gasteiger partial charge in [0, 0.05) is 13.1 Å². The third-order valence-corrected chi connectivity index (χ3v) is 1.87. The number of ketones is 1. The molecule has 0 radical (unpaired) electrons. The Morgan fingerprint density at radius 3 is 2.36 bits per heavy atom. The SMILES string of the molecule is CCN(/C=C/C=C(\C#N)C(C)=O)CC. The van der Waals surface area contributed by atoms with Gasteiger partial charge in [-0.1, -0.05) is 0 Å². The normalized spacial score (nSPS) is 11.4. The predicted molar refractivity (Wildman–Crippen MR) is 56.4 cm³/mol. The first-order valence-corrected chi connectivity index (χ1v) is 4.69. The summed E-state index contributed by atoms with van der Waals surface area (Å²) in [6.45, 7) is 7.33. The maximum absolute atomic E-state index is 10.9. The van der Waals surface area contributed by atoms with Crippen LogP contribution >= 0.6 is 0 Å². The first-order chi connectivity index (χ1) is 6.65. The number of hydrogen-bond donors (Lipinski definition) is 0. The summed E-state index contributed by atoms with van der Waals surface area (Å²) >= 11 is 0. The van der Waals surface area contributed by atoms with E-state index in [1.165, 1.54) is 6.92 Å². The lowest BCUT2D eigenvalue weighted by atomic mass is 10.2. The van der Waals surface area contributed by atoms with Crippen molar-refractivity contribution in [3.05, 3.63) is 23.9 Å². The van der Waals surface area contributed by atoms with Crippen LogP contribution in [0.3, 0.4) is 0 Å². The second-order valence-corrected chi connectivity index (χ2v) is 2.81. The Kier molecular flexibility index (Phi) is 6.13. The van der Waals surface area contributed by atoms with Gasteiger partial charge in [0.05, 0.1) is 5.57 Å². The number of carbonyl (C=O) groups is 1. The Morgan fingerprint density at radius 2 is 2.00 bits per heavy atom. The van der Waals surface area contributed by atoms with Gasteiger partial charge in [-0.2, -0.15) is 5.26 Å². The highest BCUT2D eigenvalue weighted by Gasteiger charge is 1.98. The largest absolute Gasteiger partial charge is 0.378 e. The van der Waals surface area contributed by atoms with E-state index >= 15 is 0 Å². The van der Waals surface area contributed by atoms with Crippen molar-refractivity contribution in [3.63, 3.8) is 0 Å². The Bertz CT molecular complexity index is 280. The first-order valence-electron chi connectivity index (χ1n) is 4.69. The van der Waals surface area contributed by atoms with E-state index in [9.17, 15) is 4.79 Å². The number of hydrogen-bond acceptors (Lipinski definition) is 3. The van der Waals surface area contributed by atoms with Gasteiger partial charge >= 0.3 is 0 Å². The fraction of sp³-hybridized carbons (Fsp3) is 0.455. The minimum Gasteiger partial charge on any atom is -0.378 e. The van der Waals surface area contributed by atoms with E-state index in [0.29, 0.717) is 0 Å². The van der Waals surface area contributed by atoms with Gasteiger partial charge in [-0.05, 0) is 39.1 Å². The molecule has 0 bridgehead atoms. The van der Waals surface area contributed by atoms with Crippen LogP contribution in [0.2, 0.25) is 0 Å². The van der Waals surface area contributed by atoms with E-state index in [1.54, 1.807) is 12.2 Å². The van der Waals surface area contributed by atoms with E-state index in [-0.39, 0.29) is 11.4 Å². The molecule has 0 aliphatic heterocycles. The lowest BCUT2D eigenvalue weighted by molar-refractivity contribution is -0.113. The van der Waals surface area contributed by atoms with Crippen LogP contribution in [0, 0.1) is 11.3 Å². The second-order valence-electron chi connectivity index (χ2n) is 2.81. The molecule has 76 valence electrons. The fourth-order valence-corrected chi connectivity index (χ4v) is 0.929. The molecular weight excluding hydrogens is 176 g/mol. The standard InChI is InChI=1S/C11H16N2O/c1-4-13(5-2)8-6-7-11(9-12)10(3)14/h6-8H,4-5H2,1-3H3/b8-6+,11-7+. The van der Waals surface area contributed by atoms with Crippen LogP contribution in [-0.2, 0) is 4.79 Å². The number of rotatable bonds is 5. The van der Waals surface area contributed by atoms with E-state index < -0.39 is 0 Å². The number of nitriles is 1. The van der Waals surface area contributed by atoms with Crippen LogP contribution in [-0.4, -0.2) is 23.8 Å². The third kappa shape index (κ3) is 4.46. The van der Waals surface area contributed by atoms with Gasteiger partial charge in [0.25, 0.3) is 0 Å². The molecule has 0 aromatic carbocycles. The molecule has 0 unspecified atom stereocenters. The van der Waals surface area contributed by atoms with Gasteiger partial charge in [0.2, 0.25) is 0 Å². The molecule has 3 heteroatoms. The first kappa shape index (κ1) is 12.4. The minimum absolute atomic E-state index is 0.188. The quantitative estimate of drug-likeness (QED) is 0.379. The monoisotopic (exact) mass is 192 g/mol. The molecule has 0 spiro atoms. The molecule has 0 aromatic heterocycles. The summed E-state index contributed by atoms with van der Waals surface area (Å²) in [5.41, 5.74) is 0.188. The van der Waals surface area contributed by atoms with Gasteiger partial charge in [-0.3, -0.25) is 4.79 Å². The van der Waals surface area contributed by atoms with E-state index in [1.807, 2.05) is 26.1 Å². The Hall–Kier alpha value is -1.56. The van der Waals surface area contributed by atoms with Crippen molar-refractivity contribution < 1.29 is 4.79 Å². The molecule has 0 atom stereocenters. The molecule has 0 saturated carbocycles. The Balaban J connectivity index is 4.39. The summed E-state index contributed by atoms with van der Waals surface area (Å²) in [6.07, 6.45) is 5.15. The molecule has 0 aliphatic rings. The van der Waals surface area contributed by atoms with Gasteiger partial charge in [0.1, 0.15) is 6.07 Å². The van der Waals surface area contributed by atoms with Gasteiger partial charge in [-0.15, -0.1) is 0 Å². The topological polar surface area (TPSA) is 44.1 Å². The average Bonchev–Trinajstić information content (AvgIpc) is 2.18. The highest BCUT2D eigenvalue weighted by molar-refractivity contribution is 5.97. The summed E-state index contributed by atoms with van der Waals surface area (Å²) in [7, 11) is 0. The van der Waals surface area contributed by atoms with Crippen LogP contribution in [0.25, 0.3) is 0 Å². The number of Topliss-reactive ketones (excluding diaryl/α,β-unsaturated/α-hetero) is 1. The molecule has 0 aromatic rings. The minimum atomic E-state index is -0.198. The number of nitrogens with zero attached hydrogens (tertiary/aromatic N) is 2. The van der Waals surface area contributed by atoms with E-state index in [4.69, 9.17) is 5.26 Å². The van der Waals surface area contributed by atoms with Crippen LogP contribution in [0.5, 0.6) is 0 Å². The highest BCUT2D eigenvalue weighted by atomic mass is 16.1. The summed E-state index contributed by atoms with van der Waals surface area (Å²) < 4.78 is 0. The van der Waals surface area contributed by atoms with Crippen molar-refractivity contribution in [1.82, 2.24) is 4.90 Å². The van der Waals surface area contributed by atoms with Crippen molar-refractivity contribution in [2.75, 3.05) is 13.1 Å². The van der Waals surface area contributed by atoms with Crippen LogP contribution in [0.1, 0.15) is 20.8 Å². The predicted octanol–water partition coefficient (Wildman–Crippen LogP) is 1.88. The maximum Gasteiger partial charge on any atom is 0.170 e. The van der Waals surface area contributed by atoms with Gasteiger partial charge in [-0.25, -0.2) is 0 Å². The fourth-order valence-electron chi connectivity index (χ4n) is 0.929. The number of carbonyl (C=O) groups excluding carboxylic acids is 1. The van der Waals surface area contributed by atoms with Gasteiger partial charge < -0.3 is 4.90 Å². The zero-order valence-corrected chi connectivity index (χ0v) is 8.95. The van der Waals surface area contributed by atoms with Crippen molar-refractivity contribution in [2.45, 2.75) is 20.8 Å². The molecule has 0 rings (SSSR count). The molecule has 0 N–H and O–H groups in total. The van der Waals surface area contributed by atoms with Crippen molar-refractivity contribution in [3.8, 4) is 6.07 Å². The second kappa shape index (κ2) is 6.90. The molecule has 3 nitrogen and oxygen atoms in total. The van der Waals surface area contributed by atoms with Gasteiger partial charge in [0.15, 0.2) is 5.78 Å². The Labute approximate surface area is 85.3 Å². The highest BCUT2D eigenvalue weighted by Crippen LogP contribution is 1.96. The van der Waals surface area contributed by atoms with Crippen molar-refractivity contribution in [1.29, 1.82) is 5.26 Å². The molecule has 14 heavy (non-hydrogen) atoms. The Morgan fingerprint density at radius 1 is 1.43 bits per heavy atom. The molecule has 0 aliphatic carbocycles. The summed E-state index contributed by atoms with van der Waals surface area (Å²) in [6, 6.07) is 1.85. The smallest absolute Gasteiger partial charge is 0.170 e. The van der Waals surface area contributed by atoms with Crippen molar-refractivity contribution in [2.24, 2.45) is 0 Å². The zero-order valence-electron chi connectivity index (χ0n) is 8.95. The molecule has 0 heterocycles. The van der Waals surface area contributed by atoms with Crippen LogP contribution < -0.4 is 0 Å². The van der Waals surface area contributed by atoms with E-state index in [0.717, 1.165) is 13.1 Å². The maximum atomic E-state index is 10.9. The lowest BCUT2D eigenvalue weighted by Crippen LogP contribution is -2.14. The summed E-state index contributed by atoms with van der Waals surface area (Å²) in [5, 5.41) is 8.59. The average molecular weight is 192 g/mol. The third-order valence-electron chi connectivity index (χ3n) is 1.87. The molecule has 0 saturated heterocycles. The van der Waals surface area contributed by atoms with Crippen LogP contribution in [0.15, 0.2) is 23.9 Å². The molecule has 0 fully saturated rings. The van der Waals surface area contributed by atoms with E-state index in [2.05, 4.69) is 4.90 Å². The molecule has 0 amide bonds. The molecular formula is C11H16N2O. The summed E-state index contributed by atoms with van der Waals surface area (Å²) in [5.74, 6) is -0.198. The van der Waals surface area contributed by atoms with Crippen molar-refractivity contribution >= 4 is 5.78 Å². The lowest BCUT2D eigenvalue weighted by Gasteiger charge is -2.13. The number of allylic oxidation sites excluding steroid dienone is 3. The van der Waals surface area contributed by atoms with Crippen LogP contribution in [0.4, 0.5) is 0 Å². The zero-order chi connectivity index (χ0) is 11.0. The summed E-state index contributed by atoms with van der Waals surface area (Å²) in [4.78, 5) is 12.9.